The van der Waals surface area contributed by atoms with Crippen LogP contribution in [-0.4, -0.2) is 60.3 Å². The van der Waals surface area contributed by atoms with Crippen LogP contribution >= 0.6 is 0 Å². The van der Waals surface area contributed by atoms with Gasteiger partial charge in [0.1, 0.15) is 0 Å². The summed E-state index contributed by atoms with van der Waals surface area (Å²) in [4.78, 5) is 4.66. The maximum atomic E-state index is 9.16. The molecule has 12 heavy (non-hydrogen) atoms. The summed E-state index contributed by atoms with van der Waals surface area (Å²) in [7, 11) is 2.12. The van der Waals surface area contributed by atoms with Crippen LogP contribution in [0.3, 0.4) is 0 Å². The highest BCUT2D eigenvalue weighted by molar-refractivity contribution is 4.84. The molecule has 0 aliphatic carbocycles. The van der Waals surface area contributed by atoms with Crippen LogP contribution in [0.25, 0.3) is 0 Å². The minimum atomic E-state index is 0.280. The number of rotatable bonds is 2. The second-order valence-corrected chi connectivity index (χ2v) is 3.74. The Balaban J connectivity index is 2.56. The van der Waals surface area contributed by atoms with Crippen molar-refractivity contribution in [2.75, 3.05) is 33.3 Å². The van der Waals surface area contributed by atoms with Crippen molar-refractivity contribution in [1.29, 1.82) is 0 Å². The molecule has 0 aromatic rings. The number of hydrogen-bond donors (Lipinski definition) is 1. The standard InChI is InChI=1S/C9H20N2O/c1-4-11-8(2)5-10(3)6-9(11)7-12/h8-9,12H,4-7H2,1-3H3. The summed E-state index contributed by atoms with van der Waals surface area (Å²) in [5, 5.41) is 9.16. The van der Waals surface area contributed by atoms with Crippen molar-refractivity contribution in [3.05, 3.63) is 0 Å². The van der Waals surface area contributed by atoms with Gasteiger partial charge in [-0.3, -0.25) is 4.90 Å². The van der Waals surface area contributed by atoms with Gasteiger partial charge in [-0.05, 0) is 20.5 Å². The predicted molar refractivity (Wildman–Crippen MR) is 50.2 cm³/mol. The van der Waals surface area contributed by atoms with Crippen LogP contribution in [0.15, 0.2) is 0 Å². The molecule has 0 spiro atoms. The van der Waals surface area contributed by atoms with E-state index >= 15 is 0 Å². The topological polar surface area (TPSA) is 26.7 Å². The average molecular weight is 172 g/mol. The second kappa shape index (κ2) is 4.21. The molecule has 2 unspecified atom stereocenters. The third-order valence-electron chi connectivity index (χ3n) is 2.71. The van der Waals surface area contributed by atoms with E-state index in [1.807, 2.05) is 0 Å². The van der Waals surface area contributed by atoms with Gasteiger partial charge in [0.25, 0.3) is 0 Å². The Bertz CT molecular complexity index is 140. The van der Waals surface area contributed by atoms with Crippen molar-refractivity contribution in [2.24, 2.45) is 0 Å². The third kappa shape index (κ3) is 1.97. The molecule has 1 aliphatic heterocycles. The Morgan fingerprint density at radius 3 is 2.58 bits per heavy atom. The van der Waals surface area contributed by atoms with Gasteiger partial charge >= 0.3 is 0 Å². The van der Waals surface area contributed by atoms with Crippen molar-refractivity contribution in [3.8, 4) is 0 Å². The Kier molecular flexibility index (Phi) is 3.50. The molecule has 3 nitrogen and oxygen atoms in total. The first-order chi connectivity index (χ1) is 5.69. The van der Waals surface area contributed by atoms with Gasteiger partial charge in [0.15, 0.2) is 0 Å². The molecule has 1 heterocycles. The zero-order valence-corrected chi connectivity index (χ0v) is 8.32. The van der Waals surface area contributed by atoms with E-state index < -0.39 is 0 Å². The number of nitrogens with zero attached hydrogens (tertiary/aromatic N) is 2. The molecule has 3 heteroatoms. The van der Waals surface area contributed by atoms with Crippen molar-refractivity contribution < 1.29 is 5.11 Å². The van der Waals surface area contributed by atoms with Gasteiger partial charge in [-0.15, -0.1) is 0 Å². The number of aliphatic hydroxyl groups is 1. The zero-order chi connectivity index (χ0) is 9.14. The number of hydrogen-bond acceptors (Lipinski definition) is 3. The maximum absolute atomic E-state index is 9.16. The van der Waals surface area contributed by atoms with Gasteiger partial charge in [-0.2, -0.15) is 0 Å². The van der Waals surface area contributed by atoms with Crippen LogP contribution < -0.4 is 0 Å². The molecule has 0 aromatic carbocycles. The second-order valence-electron chi connectivity index (χ2n) is 3.74. The Labute approximate surface area is 75.0 Å². The Morgan fingerprint density at radius 2 is 2.08 bits per heavy atom. The normalized spacial score (nSPS) is 34.0. The van der Waals surface area contributed by atoms with E-state index in [1.54, 1.807) is 0 Å². The summed E-state index contributed by atoms with van der Waals surface area (Å²) in [6.45, 7) is 7.81. The van der Waals surface area contributed by atoms with Crippen LogP contribution in [0.4, 0.5) is 0 Å². The number of piperazine rings is 1. The maximum Gasteiger partial charge on any atom is 0.0599 e. The Hall–Kier alpha value is -0.120. The van der Waals surface area contributed by atoms with Crippen molar-refractivity contribution >= 4 is 0 Å². The van der Waals surface area contributed by atoms with Crippen LogP contribution in [-0.2, 0) is 0 Å². The molecule has 0 amide bonds. The molecule has 1 saturated heterocycles. The summed E-state index contributed by atoms with van der Waals surface area (Å²) in [6, 6.07) is 0.912. The fourth-order valence-corrected chi connectivity index (χ4v) is 2.19. The van der Waals surface area contributed by atoms with Crippen molar-refractivity contribution in [1.82, 2.24) is 9.80 Å². The van der Waals surface area contributed by atoms with E-state index in [0.29, 0.717) is 12.1 Å². The number of likely N-dealkylation sites (N-methyl/N-ethyl adjacent to an activating group) is 2. The molecule has 1 fully saturated rings. The smallest absolute Gasteiger partial charge is 0.0599 e. The lowest BCUT2D eigenvalue weighted by atomic mass is 10.1. The Morgan fingerprint density at radius 1 is 1.42 bits per heavy atom. The van der Waals surface area contributed by atoms with Gasteiger partial charge in [0.05, 0.1) is 6.61 Å². The van der Waals surface area contributed by atoms with Gasteiger partial charge in [-0.25, -0.2) is 0 Å². The van der Waals surface area contributed by atoms with Crippen LogP contribution in [0.5, 0.6) is 0 Å². The van der Waals surface area contributed by atoms with E-state index in [2.05, 4.69) is 30.7 Å². The van der Waals surface area contributed by atoms with Gasteiger partial charge in [-0.1, -0.05) is 6.92 Å². The van der Waals surface area contributed by atoms with Gasteiger partial charge < -0.3 is 10.0 Å². The van der Waals surface area contributed by atoms with E-state index in [9.17, 15) is 0 Å². The quantitative estimate of drug-likeness (QED) is 0.635. The lowest BCUT2D eigenvalue weighted by molar-refractivity contribution is 0.0182. The molecule has 0 aromatic heterocycles. The third-order valence-corrected chi connectivity index (χ3v) is 2.71. The first-order valence-corrected chi connectivity index (χ1v) is 4.74. The summed E-state index contributed by atoms with van der Waals surface area (Å²) < 4.78 is 0. The first kappa shape index (κ1) is 9.96. The molecular formula is C9H20N2O. The molecular weight excluding hydrogens is 152 g/mol. The SMILES string of the molecule is CCN1C(C)CN(C)CC1CO. The van der Waals surface area contributed by atoms with E-state index in [1.165, 1.54) is 0 Å². The highest BCUT2D eigenvalue weighted by Crippen LogP contribution is 2.13. The largest absolute Gasteiger partial charge is 0.395 e. The van der Waals surface area contributed by atoms with Crippen molar-refractivity contribution in [3.63, 3.8) is 0 Å². The molecule has 0 radical (unpaired) electrons. The van der Waals surface area contributed by atoms with E-state index in [-0.39, 0.29) is 6.61 Å². The molecule has 0 saturated carbocycles. The fraction of sp³-hybridized carbons (Fsp3) is 1.00. The highest BCUT2D eigenvalue weighted by Gasteiger charge is 2.28. The predicted octanol–water partition coefficient (Wildman–Crippen LogP) is 0.00310. The summed E-state index contributed by atoms with van der Waals surface area (Å²) in [5.74, 6) is 0. The molecule has 0 bridgehead atoms. The van der Waals surface area contributed by atoms with E-state index in [0.717, 1.165) is 19.6 Å². The minimum Gasteiger partial charge on any atom is -0.395 e. The highest BCUT2D eigenvalue weighted by atomic mass is 16.3. The molecule has 72 valence electrons. The van der Waals surface area contributed by atoms with Crippen molar-refractivity contribution in [2.45, 2.75) is 25.9 Å². The van der Waals surface area contributed by atoms with Crippen LogP contribution in [0, 0.1) is 0 Å². The summed E-state index contributed by atoms with van der Waals surface area (Å²) in [6.07, 6.45) is 0. The fourth-order valence-electron chi connectivity index (χ4n) is 2.19. The monoisotopic (exact) mass is 172 g/mol. The molecule has 1 aliphatic rings. The van der Waals surface area contributed by atoms with Crippen LogP contribution in [0.1, 0.15) is 13.8 Å². The number of aliphatic hydroxyl groups excluding tert-OH is 1. The average Bonchev–Trinajstić information content (AvgIpc) is 2.03. The van der Waals surface area contributed by atoms with Gasteiger partial charge in [0, 0.05) is 25.2 Å². The minimum absolute atomic E-state index is 0.280. The first-order valence-electron chi connectivity index (χ1n) is 4.74. The summed E-state index contributed by atoms with van der Waals surface area (Å²) >= 11 is 0. The van der Waals surface area contributed by atoms with Gasteiger partial charge in [0.2, 0.25) is 0 Å². The zero-order valence-electron chi connectivity index (χ0n) is 8.32. The lowest BCUT2D eigenvalue weighted by Gasteiger charge is -2.43. The van der Waals surface area contributed by atoms with Crippen LogP contribution in [0.2, 0.25) is 0 Å². The summed E-state index contributed by atoms with van der Waals surface area (Å²) in [5.41, 5.74) is 0. The van der Waals surface area contributed by atoms with E-state index in [4.69, 9.17) is 5.11 Å². The lowest BCUT2D eigenvalue weighted by Crippen LogP contribution is -2.57. The molecule has 1 N–H and O–H groups in total. The molecule has 1 rings (SSSR count). The molecule has 2 atom stereocenters.